The van der Waals surface area contributed by atoms with E-state index in [0.717, 1.165) is 45.3 Å². The number of nitrogens with one attached hydrogen (secondary N) is 1. The maximum Gasteiger partial charge on any atom is 0.255 e. The largest absolute Gasteiger partial charge is 0.335 e. The Balaban J connectivity index is 1.49. The minimum Gasteiger partial charge on any atom is -0.335 e. The predicted octanol–water partition coefficient (Wildman–Crippen LogP) is 6.22. The average molecular weight is 561 g/mol. The summed E-state index contributed by atoms with van der Waals surface area (Å²) in [6, 6.07) is 16.7. The number of nitrogens with zero attached hydrogens (tertiary/aromatic N) is 3. The topological polar surface area (TPSA) is 73.0 Å². The third-order valence-corrected chi connectivity index (χ3v) is 8.84. The van der Waals surface area contributed by atoms with Crippen LogP contribution in [-0.2, 0) is 4.79 Å². The van der Waals surface area contributed by atoms with Gasteiger partial charge in [0.15, 0.2) is 0 Å². The van der Waals surface area contributed by atoms with E-state index in [4.69, 9.17) is 0 Å². The highest BCUT2D eigenvalue weighted by atomic mass is 16.2. The number of carbonyl (C=O) groups is 3. The van der Waals surface area contributed by atoms with Crippen molar-refractivity contribution in [3.05, 3.63) is 65.7 Å². The molecule has 0 radical (unpaired) electrons. The fraction of sp³-hybridized carbons (Fsp3) is 0.559. The first kappa shape index (κ1) is 30.8. The van der Waals surface area contributed by atoms with Crippen LogP contribution in [0, 0.1) is 0 Å². The van der Waals surface area contributed by atoms with Crippen LogP contribution >= 0.6 is 0 Å². The molecule has 3 amide bonds. The lowest BCUT2D eigenvalue weighted by molar-refractivity contribution is -0.138. The van der Waals surface area contributed by atoms with E-state index in [2.05, 4.69) is 29.0 Å². The Labute approximate surface area is 246 Å². The zero-order valence-corrected chi connectivity index (χ0v) is 25.0. The van der Waals surface area contributed by atoms with Crippen LogP contribution in [-0.4, -0.2) is 77.2 Å². The Morgan fingerprint density at radius 2 is 1.27 bits per heavy atom. The minimum absolute atomic E-state index is 0.100. The Kier molecular flexibility index (Phi) is 11.8. The summed E-state index contributed by atoms with van der Waals surface area (Å²) in [4.78, 5) is 46.7. The molecule has 4 rings (SSSR count). The van der Waals surface area contributed by atoms with E-state index >= 15 is 0 Å². The maximum atomic E-state index is 14.1. The van der Waals surface area contributed by atoms with Crippen molar-refractivity contribution in [2.75, 3.05) is 38.0 Å². The van der Waals surface area contributed by atoms with Crippen LogP contribution in [0.2, 0.25) is 0 Å². The van der Waals surface area contributed by atoms with Gasteiger partial charge in [0.05, 0.1) is 0 Å². The molecule has 0 unspecified atom stereocenters. The van der Waals surface area contributed by atoms with E-state index in [1.165, 1.54) is 38.5 Å². The molecule has 0 heterocycles. The zero-order valence-electron chi connectivity index (χ0n) is 25.0. The van der Waals surface area contributed by atoms with E-state index in [9.17, 15) is 14.4 Å². The molecule has 0 aliphatic heterocycles. The number of amides is 3. The van der Waals surface area contributed by atoms with E-state index < -0.39 is 0 Å². The van der Waals surface area contributed by atoms with Crippen LogP contribution < -0.4 is 5.32 Å². The van der Waals surface area contributed by atoms with Crippen molar-refractivity contribution in [2.24, 2.45) is 0 Å². The minimum atomic E-state index is -0.193. The van der Waals surface area contributed by atoms with Crippen LogP contribution in [0.4, 0.5) is 5.69 Å². The van der Waals surface area contributed by atoms with Crippen LogP contribution in [0.5, 0.6) is 0 Å². The second-order valence-corrected chi connectivity index (χ2v) is 11.5. The molecule has 2 aromatic rings. The van der Waals surface area contributed by atoms with Crippen LogP contribution in [0.25, 0.3) is 0 Å². The molecule has 2 fully saturated rings. The fourth-order valence-electron chi connectivity index (χ4n) is 6.39. The van der Waals surface area contributed by atoms with E-state index in [0.29, 0.717) is 35.4 Å². The van der Waals surface area contributed by atoms with E-state index in [1.807, 2.05) is 18.2 Å². The summed E-state index contributed by atoms with van der Waals surface area (Å²) >= 11 is 0. The van der Waals surface area contributed by atoms with Crippen LogP contribution in [0.1, 0.15) is 98.8 Å². The van der Waals surface area contributed by atoms with Crippen molar-refractivity contribution >= 4 is 23.4 Å². The molecule has 0 saturated heterocycles. The highest BCUT2D eigenvalue weighted by Gasteiger charge is 2.34. The van der Waals surface area contributed by atoms with Gasteiger partial charge in [0.1, 0.15) is 6.54 Å². The van der Waals surface area contributed by atoms with Gasteiger partial charge in [0, 0.05) is 42.0 Å². The molecule has 2 aliphatic rings. The smallest absolute Gasteiger partial charge is 0.255 e. The number of hydrogen-bond donors (Lipinski definition) is 1. The van der Waals surface area contributed by atoms with Gasteiger partial charge < -0.3 is 20.0 Å². The standard InChI is InChI=1S/C34H48N4O3/c1-3-36(4-2)24-25-37(26-32(39)38(30-16-10-6-11-17-30)31-18-12-7-13-19-31)34(41)28-20-22-29(23-21-28)35-33(40)27-14-8-5-9-15-27/h5,8-9,14-15,20-23,30-31H,3-4,6-7,10-13,16-19,24-26H2,1-2H3,(H,35,40). The predicted molar refractivity (Wildman–Crippen MR) is 165 cm³/mol. The van der Waals surface area contributed by atoms with Crippen molar-refractivity contribution in [3.8, 4) is 0 Å². The van der Waals surface area contributed by atoms with Gasteiger partial charge in [-0.3, -0.25) is 14.4 Å². The highest BCUT2D eigenvalue weighted by Crippen LogP contribution is 2.30. The lowest BCUT2D eigenvalue weighted by Crippen LogP contribution is -2.53. The van der Waals surface area contributed by atoms with Crippen molar-refractivity contribution in [2.45, 2.75) is 90.1 Å². The van der Waals surface area contributed by atoms with Gasteiger partial charge in [-0.25, -0.2) is 0 Å². The van der Waals surface area contributed by atoms with Gasteiger partial charge in [-0.15, -0.1) is 0 Å². The van der Waals surface area contributed by atoms with Crippen LogP contribution in [0.3, 0.4) is 0 Å². The lowest BCUT2D eigenvalue weighted by Gasteiger charge is -2.42. The Morgan fingerprint density at radius 3 is 1.80 bits per heavy atom. The second-order valence-electron chi connectivity index (χ2n) is 11.5. The maximum absolute atomic E-state index is 14.1. The molecule has 0 spiro atoms. The van der Waals surface area contributed by atoms with Crippen molar-refractivity contribution in [1.29, 1.82) is 0 Å². The molecule has 0 atom stereocenters. The third-order valence-electron chi connectivity index (χ3n) is 8.84. The number of rotatable bonds is 12. The lowest BCUT2D eigenvalue weighted by atomic mass is 9.88. The van der Waals surface area contributed by atoms with Crippen molar-refractivity contribution in [3.63, 3.8) is 0 Å². The third kappa shape index (κ3) is 8.65. The summed E-state index contributed by atoms with van der Waals surface area (Å²) < 4.78 is 0. The number of carbonyl (C=O) groups excluding carboxylic acids is 3. The molecule has 2 saturated carbocycles. The first-order valence-corrected chi connectivity index (χ1v) is 15.8. The van der Waals surface area contributed by atoms with Gasteiger partial charge in [-0.2, -0.15) is 0 Å². The van der Waals surface area contributed by atoms with Gasteiger partial charge in [0.25, 0.3) is 11.8 Å². The first-order valence-electron chi connectivity index (χ1n) is 15.8. The molecule has 222 valence electrons. The van der Waals surface area contributed by atoms with Crippen molar-refractivity contribution < 1.29 is 14.4 Å². The number of anilines is 1. The normalized spacial score (nSPS) is 16.4. The quantitative estimate of drug-likeness (QED) is 0.335. The number of benzene rings is 2. The molecular weight excluding hydrogens is 512 g/mol. The monoisotopic (exact) mass is 560 g/mol. The summed E-state index contributed by atoms with van der Waals surface area (Å²) in [5.74, 6) is -0.233. The Morgan fingerprint density at radius 1 is 0.707 bits per heavy atom. The molecular formula is C34H48N4O3. The summed E-state index contributed by atoms with van der Waals surface area (Å²) in [6.45, 7) is 7.39. The fourth-order valence-corrected chi connectivity index (χ4v) is 6.39. The number of hydrogen-bond acceptors (Lipinski definition) is 4. The van der Waals surface area contributed by atoms with Gasteiger partial charge >= 0.3 is 0 Å². The molecule has 2 aromatic carbocycles. The number of likely N-dealkylation sites (N-methyl/N-ethyl adjacent to an activating group) is 1. The molecule has 1 N–H and O–H groups in total. The SMILES string of the molecule is CCN(CC)CCN(CC(=O)N(C1CCCCC1)C1CCCCC1)C(=O)c1ccc(NC(=O)c2ccccc2)cc1. The van der Waals surface area contributed by atoms with Gasteiger partial charge in [0.2, 0.25) is 5.91 Å². The van der Waals surface area contributed by atoms with Gasteiger partial charge in [-0.05, 0) is 75.2 Å². The molecule has 0 bridgehead atoms. The summed E-state index contributed by atoms with van der Waals surface area (Å²) in [5.41, 5.74) is 1.73. The molecule has 7 nitrogen and oxygen atoms in total. The van der Waals surface area contributed by atoms with E-state index in [-0.39, 0.29) is 24.3 Å². The second kappa shape index (κ2) is 15.7. The molecule has 0 aromatic heterocycles. The van der Waals surface area contributed by atoms with E-state index in [1.54, 1.807) is 41.3 Å². The first-order chi connectivity index (χ1) is 20.0. The molecule has 41 heavy (non-hydrogen) atoms. The van der Waals surface area contributed by atoms with Crippen molar-refractivity contribution in [1.82, 2.24) is 14.7 Å². The van der Waals surface area contributed by atoms with Gasteiger partial charge in [-0.1, -0.05) is 70.6 Å². The Hall–Kier alpha value is -3.19. The highest BCUT2D eigenvalue weighted by molar-refractivity contribution is 6.04. The Bertz CT molecular complexity index is 1090. The molecule has 7 heteroatoms. The summed E-state index contributed by atoms with van der Waals surface area (Å²) in [5, 5.41) is 2.90. The zero-order chi connectivity index (χ0) is 29.0. The molecule has 2 aliphatic carbocycles. The summed E-state index contributed by atoms with van der Waals surface area (Å²) in [6.07, 6.45) is 11.5. The average Bonchev–Trinajstić information content (AvgIpc) is 3.02. The van der Waals surface area contributed by atoms with Crippen LogP contribution in [0.15, 0.2) is 54.6 Å². The summed E-state index contributed by atoms with van der Waals surface area (Å²) in [7, 11) is 0.